The van der Waals surface area contributed by atoms with Gasteiger partial charge in [0.15, 0.2) is 17.5 Å². The van der Waals surface area contributed by atoms with Crippen molar-refractivity contribution in [2.45, 2.75) is 12.0 Å². The van der Waals surface area contributed by atoms with E-state index in [0.717, 1.165) is 28.3 Å². The van der Waals surface area contributed by atoms with Crippen molar-refractivity contribution >= 4 is 11.4 Å². The minimum absolute atomic E-state index is 0.255. The Labute approximate surface area is 181 Å². The molecule has 0 aliphatic carbocycles. The van der Waals surface area contributed by atoms with Crippen LogP contribution >= 0.6 is 0 Å². The van der Waals surface area contributed by atoms with E-state index in [1.165, 1.54) is 0 Å². The largest absolute Gasteiger partial charge is 0.497 e. The highest BCUT2D eigenvalue weighted by Gasteiger charge is 2.40. The third kappa shape index (κ3) is 3.78. The summed E-state index contributed by atoms with van der Waals surface area (Å²) < 4.78 is 16.2. The fourth-order valence-corrected chi connectivity index (χ4v) is 3.84. The first-order chi connectivity index (χ1) is 15.2. The highest BCUT2D eigenvalue weighted by molar-refractivity contribution is 6.08. The summed E-state index contributed by atoms with van der Waals surface area (Å²) in [7, 11) is 4.84. The van der Waals surface area contributed by atoms with E-state index < -0.39 is 6.04 Å². The molecule has 0 amide bonds. The number of ether oxygens (including phenoxy) is 3. The molecular weight excluding hydrogens is 390 g/mol. The summed E-state index contributed by atoms with van der Waals surface area (Å²) in [6, 6.07) is 25.2. The summed E-state index contributed by atoms with van der Waals surface area (Å²) in [4.78, 5) is 0. The molecule has 1 aliphatic heterocycles. The molecule has 0 N–H and O–H groups in total. The van der Waals surface area contributed by atoms with Gasteiger partial charge in [-0.1, -0.05) is 30.3 Å². The van der Waals surface area contributed by atoms with Crippen molar-refractivity contribution in [3.8, 4) is 23.3 Å². The van der Waals surface area contributed by atoms with Crippen LogP contribution in [0.1, 0.15) is 17.0 Å². The van der Waals surface area contributed by atoms with E-state index in [2.05, 4.69) is 6.07 Å². The number of rotatable bonds is 6. The van der Waals surface area contributed by atoms with Crippen LogP contribution in [-0.4, -0.2) is 33.1 Å². The van der Waals surface area contributed by atoms with E-state index in [1.807, 2.05) is 72.8 Å². The number of para-hydroxylation sites is 1. The van der Waals surface area contributed by atoms with E-state index >= 15 is 0 Å². The smallest absolute Gasteiger partial charge is 0.161 e. The van der Waals surface area contributed by atoms with Crippen molar-refractivity contribution < 1.29 is 14.2 Å². The average molecular weight is 413 g/mol. The second kappa shape index (κ2) is 8.80. The monoisotopic (exact) mass is 413 g/mol. The molecule has 6 nitrogen and oxygen atoms in total. The molecule has 0 saturated heterocycles. The quantitative estimate of drug-likeness (QED) is 0.590. The van der Waals surface area contributed by atoms with Gasteiger partial charge in [-0.15, -0.1) is 0 Å². The summed E-state index contributed by atoms with van der Waals surface area (Å²) in [6.07, 6.45) is 0. The second-order valence-electron chi connectivity index (χ2n) is 7.06. The van der Waals surface area contributed by atoms with Gasteiger partial charge in [0.1, 0.15) is 5.75 Å². The Morgan fingerprint density at radius 2 is 1.55 bits per heavy atom. The van der Waals surface area contributed by atoms with Gasteiger partial charge in [0.25, 0.3) is 0 Å². The molecule has 4 rings (SSSR count). The summed E-state index contributed by atoms with van der Waals surface area (Å²) in [5.74, 6) is 1.76. The molecule has 0 bridgehead atoms. The Morgan fingerprint density at radius 3 is 2.16 bits per heavy atom. The number of benzene rings is 3. The van der Waals surface area contributed by atoms with Gasteiger partial charge >= 0.3 is 0 Å². The van der Waals surface area contributed by atoms with E-state index in [-0.39, 0.29) is 5.92 Å². The predicted molar refractivity (Wildman–Crippen MR) is 120 cm³/mol. The number of nitriles is 1. The number of hydrogen-bond donors (Lipinski definition) is 0. The van der Waals surface area contributed by atoms with Crippen LogP contribution in [0.3, 0.4) is 0 Å². The van der Waals surface area contributed by atoms with Gasteiger partial charge < -0.3 is 14.2 Å². The lowest BCUT2D eigenvalue weighted by Gasteiger charge is -2.23. The first kappa shape index (κ1) is 20.3. The predicted octanol–water partition coefficient (Wildman–Crippen LogP) is 4.61. The fraction of sp³-hybridized carbons (Fsp3) is 0.200. The van der Waals surface area contributed by atoms with Crippen molar-refractivity contribution in [1.82, 2.24) is 0 Å². The van der Waals surface area contributed by atoms with Crippen molar-refractivity contribution in [3.05, 3.63) is 83.9 Å². The molecule has 2 unspecified atom stereocenters. The van der Waals surface area contributed by atoms with Crippen LogP contribution in [-0.2, 0) is 0 Å². The van der Waals surface area contributed by atoms with Gasteiger partial charge in [-0.25, -0.2) is 5.01 Å². The van der Waals surface area contributed by atoms with E-state index in [4.69, 9.17) is 19.3 Å². The van der Waals surface area contributed by atoms with E-state index in [0.29, 0.717) is 11.5 Å². The zero-order chi connectivity index (χ0) is 21.8. The van der Waals surface area contributed by atoms with Crippen LogP contribution in [0.4, 0.5) is 5.69 Å². The molecule has 3 aromatic carbocycles. The average Bonchev–Trinajstić information content (AvgIpc) is 3.23. The summed E-state index contributed by atoms with van der Waals surface area (Å²) >= 11 is 0. The van der Waals surface area contributed by atoms with Crippen molar-refractivity contribution in [1.29, 1.82) is 5.26 Å². The van der Waals surface area contributed by atoms with Crippen molar-refractivity contribution in [2.24, 2.45) is 5.10 Å². The van der Waals surface area contributed by atoms with E-state index in [9.17, 15) is 5.26 Å². The molecule has 1 aliphatic rings. The Balaban J connectivity index is 1.85. The van der Waals surface area contributed by atoms with Crippen molar-refractivity contribution in [2.75, 3.05) is 26.3 Å². The van der Waals surface area contributed by atoms with Gasteiger partial charge in [0.2, 0.25) is 0 Å². The number of nitrogens with zero attached hydrogens (tertiary/aromatic N) is 3. The van der Waals surface area contributed by atoms with Crippen LogP contribution in [0.25, 0.3) is 0 Å². The van der Waals surface area contributed by atoms with E-state index in [1.54, 1.807) is 26.3 Å². The number of anilines is 1. The molecule has 6 heteroatoms. The van der Waals surface area contributed by atoms with Crippen LogP contribution in [0, 0.1) is 11.3 Å². The SMILES string of the molecule is COc1ccc(C2C(c3ccc(OC)c(OC)c3)=NN(c3ccccc3)C2C#N)cc1. The van der Waals surface area contributed by atoms with Gasteiger partial charge in [-0.3, -0.25) is 0 Å². The number of methoxy groups -OCH3 is 3. The summed E-state index contributed by atoms with van der Waals surface area (Å²) in [5, 5.41) is 16.8. The van der Waals surface area contributed by atoms with Crippen LogP contribution < -0.4 is 19.2 Å². The molecule has 0 radical (unpaired) electrons. The lowest BCUT2D eigenvalue weighted by molar-refractivity contribution is 0.355. The molecule has 3 aromatic rings. The van der Waals surface area contributed by atoms with Gasteiger partial charge in [0.05, 0.1) is 44.7 Å². The fourth-order valence-electron chi connectivity index (χ4n) is 3.84. The lowest BCUT2D eigenvalue weighted by Crippen LogP contribution is -2.30. The number of hydrogen-bond acceptors (Lipinski definition) is 6. The highest BCUT2D eigenvalue weighted by Crippen LogP contribution is 2.39. The maximum absolute atomic E-state index is 10.1. The molecular formula is C25H23N3O3. The zero-order valence-corrected chi connectivity index (χ0v) is 17.6. The van der Waals surface area contributed by atoms with Crippen LogP contribution in [0.15, 0.2) is 77.9 Å². The molecule has 0 spiro atoms. The van der Waals surface area contributed by atoms with Gasteiger partial charge in [-0.05, 0) is 48.0 Å². The Kier molecular flexibility index (Phi) is 5.76. The normalized spacial score (nSPS) is 17.6. The molecule has 156 valence electrons. The molecule has 0 aromatic heterocycles. The third-order valence-corrected chi connectivity index (χ3v) is 5.40. The number of hydrazone groups is 1. The standard InChI is InChI=1S/C25H23N3O3/c1-29-20-12-9-17(10-13-20)24-21(16-26)28(19-7-5-4-6-8-19)27-25(24)18-11-14-22(30-2)23(15-18)31-3/h4-15,21,24H,1-3H3. The first-order valence-corrected chi connectivity index (χ1v) is 9.89. The van der Waals surface area contributed by atoms with Crippen LogP contribution in [0.5, 0.6) is 17.2 Å². The molecule has 31 heavy (non-hydrogen) atoms. The maximum Gasteiger partial charge on any atom is 0.161 e. The minimum atomic E-state index is -0.501. The summed E-state index contributed by atoms with van der Waals surface area (Å²) in [5.41, 5.74) is 3.51. The topological polar surface area (TPSA) is 67.1 Å². The molecule has 2 atom stereocenters. The minimum Gasteiger partial charge on any atom is -0.497 e. The van der Waals surface area contributed by atoms with Gasteiger partial charge in [0, 0.05) is 5.56 Å². The van der Waals surface area contributed by atoms with Crippen LogP contribution in [0.2, 0.25) is 0 Å². The van der Waals surface area contributed by atoms with Crippen molar-refractivity contribution in [3.63, 3.8) is 0 Å². The molecule has 0 fully saturated rings. The maximum atomic E-state index is 10.1. The second-order valence-corrected chi connectivity index (χ2v) is 7.06. The highest BCUT2D eigenvalue weighted by atomic mass is 16.5. The lowest BCUT2D eigenvalue weighted by atomic mass is 9.85. The first-order valence-electron chi connectivity index (χ1n) is 9.89. The van der Waals surface area contributed by atoms with Gasteiger partial charge in [-0.2, -0.15) is 10.4 Å². The molecule has 0 saturated carbocycles. The Morgan fingerprint density at radius 1 is 0.839 bits per heavy atom. The zero-order valence-electron chi connectivity index (χ0n) is 17.6. The Bertz CT molecular complexity index is 1120. The Hall–Kier alpha value is -3.98. The summed E-state index contributed by atoms with van der Waals surface area (Å²) in [6.45, 7) is 0. The molecule has 1 heterocycles. The third-order valence-electron chi connectivity index (χ3n) is 5.40.